The monoisotopic (exact) mass is 451 g/mol. The molecule has 9 heteroatoms. The number of nitrogens with zero attached hydrogens (tertiary/aromatic N) is 2. The van der Waals surface area contributed by atoms with Crippen molar-refractivity contribution in [1.29, 1.82) is 0 Å². The second kappa shape index (κ2) is 10.4. The summed E-state index contributed by atoms with van der Waals surface area (Å²) >= 11 is 1.66. The molecule has 1 saturated heterocycles. The number of rotatable bonds is 9. The van der Waals surface area contributed by atoms with Gasteiger partial charge in [-0.05, 0) is 49.0 Å². The van der Waals surface area contributed by atoms with Crippen molar-refractivity contribution in [2.24, 2.45) is 0 Å². The molecular weight excluding hydrogens is 422 g/mol. The zero-order valence-electron chi connectivity index (χ0n) is 17.5. The fraction of sp³-hybridized carbons (Fsp3) is 0.476. The van der Waals surface area contributed by atoms with E-state index in [-0.39, 0.29) is 17.3 Å². The van der Waals surface area contributed by atoms with E-state index in [1.54, 1.807) is 17.4 Å². The number of ether oxygens (including phenoxy) is 1. The predicted octanol–water partition coefficient (Wildman–Crippen LogP) is 3.39. The summed E-state index contributed by atoms with van der Waals surface area (Å²) in [5.41, 5.74) is 0.368. The van der Waals surface area contributed by atoms with Crippen molar-refractivity contribution in [1.82, 2.24) is 9.21 Å². The molecule has 1 aliphatic heterocycles. The van der Waals surface area contributed by atoms with Gasteiger partial charge in [0.05, 0.1) is 24.2 Å². The first-order valence-electron chi connectivity index (χ1n) is 10.2. The summed E-state index contributed by atoms with van der Waals surface area (Å²) < 4.78 is 32.8. The molecular formula is C21H29N3O4S2. The van der Waals surface area contributed by atoms with Crippen LogP contribution < -0.4 is 10.1 Å². The highest BCUT2D eigenvalue weighted by Crippen LogP contribution is 2.30. The third kappa shape index (κ3) is 5.60. The van der Waals surface area contributed by atoms with Crippen molar-refractivity contribution in [3.8, 4) is 5.75 Å². The molecule has 0 radical (unpaired) electrons. The average molecular weight is 452 g/mol. The summed E-state index contributed by atoms with van der Waals surface area (Å²) in [4.78, 5) is 16.1. The summed E-state index contributed by atoms with van der Waals surface area (Å²) in [6.07, 6.45) is 2.79. The van der Waals surface area contributed by atoms with Gasteiger partial charge < -0.3 is 10.1 Å². The molecule has 30 heavy (non-hydrogen) atoms. The number of hydrogen-bond acceptors (Lipinski definition) is 6. The molecule has 7 nitrogen and oxygen atoms in total. The van der Waals surface area contributed by atoms with Gasteiger partial charge in [-0.15, -0.1) is 11.3 Å². The van der Waals surface area contributed by atoms with E-state index < -0.39 is 10.0 Å². The number of piperidine rings is 1. The Kier molecular flexibility index (Phi) is 7.87. The first-order chi connectivity index (χ1) is 14.4. The van der Waals surface area contributed by atoms with E-state index >= 15 is 0 Å². The molecule has 2 aromatic rings. The Morgan fingerprint density at radius 1 is 1.23 bits per heavy atom. The predicted molar refractivity (Wildman–Crippen MR) is 120 cm³/mol. The minimum atomic E-state index is -3.59. The summed E-state index contributed by atoms with van der Waals surface area (Å²) in [7, 11) is -2.09. The molecule has 1 aliphatic rings. The first-order valence-corrected chi connectivity index (χ1v) is 12.5. The van der Waals surface area contributed by atoms with Crippen LogP contribution >= 0.6 is 11.3 Å². The lowest BCUT2D eigenvalue weighted by Crippen LogP contribution is -2.35. The average Bonchev–Trinajstić information content (AvgIpc) is 3.27. The van der Waals surface area contributed by atoms with E-state index in [2.05, 4.69) is 5.32 Å². The van der Waals surface area contributed by atoms with Crippen LogP contribution in [0.2, 0.25) is 0 Å². The zero-order chi connectivity index (χ0) is 21.6. The highest BCUT2D eigenvalue weighted by Gasteiger charge is 2.27. The van der Waals surface area contributed by atoms with Crippen molar-refractivity contribution in [3.63, 3.8) is 0 Å². The largest absolute Gasteiger partial charge is 0.495 e. The standard InChI is InChI=1S/C21H29N3O4S2/c1-3-23(15-17-8-7-13-29-17)16-21(25)22-19-14-18(9-10-20(19)28-2)30(26,27)24-11-5-4-6-12-24/h7-10,13-14H,3-6,11-12,15-16H2,1-2H3,(H,22,25). The van der Waals surface area contributed by atoms with Crippen LogP contribution in [-0.4, -0.2) is 56.8 Å². The highest BCUT2D eigenvalue weighted by molar-refractivity contribution is 7.89. The molecule has 3 rings (SSSR count). The van der Waals surface area contributed by atoms with Crippen LogP contribution in [0.4, 0.5) is 5.69 Å². The van der Waals surface area contributed by atoms with Gasteiger partial charge in [0.25, 0.3) is 0 Å². The van der Waals surface area contributed by atoms with Gasteiger partial charge in [-0.2, -0.15) is 4.31 Å². The van der Waals surface area contributed by atoms with Crippen molar-refractivity contribution in [2.45, 2.75) is 37.6 Å². The van der Waals surface area contributed by atoms with Crippen LogP contribution in [0.3, 0.4) is 0 Å². The van der Waals surface area contributed by atoms with Crippen molar-refractivity contribution < 1.29 is 17.9 Å². The number of likely N-dealkylation sites (N-methyl/N-ethyl adjacent to an activating group) is 1. The normalized spacial score (nSPS) is 15.3. The SMILES string of the molecule is CCN(CC(=O)Nc1cc(S(=O)(=O)N2CCCCC2)ccc1OC)Cc1cccs1. The topological polar surface area (TPSA) is 79.0 Å². The molecule has 0 spiro atoms. The highest BCUT2D eigenvalue weighted by atomic mass is 32.2. The maximum Gasteiger partial charge on any atom is 0.243 e. The van der Waals surface area contributed by atoms with Gasteiger partial charge in [0.1, 0.15) is 5.75 Å². The van der Waals surface area contributed by atoms with Gasteiger partial charge in [-0.25, -0.2) is 8.42 Å². The maximum atomic E-state index is 13.0. The second-order valence-electron chi connectivity index (χ2n) is 7.26. The Hall–Kier alpha value is -1.94. The molecule has 1 fully saturated rings. The molecule has 0 bridgehead atoms. The zero-order valence-corrected chi connectivity index (χ0v) is 19.1. The number of amides is 1. The molecule has 1 amide bonds. The van der Waals surface area contributed by atoms with E-state index in [4.69, 9.17) is 4.74 Å². The van der Waals surface area contributed by atoms with Gasteiger partial charge >= 0.3 is 0 Å². The van der Waals surface area contributed by atoms with Gasteiger partial charge in [0, 0.05) is 24.5 Å². The van der Waals surface area contributed by atoms with Crippen molar-refractivity contribution >= 4 is 33.0 Å². The molecule has 2 heterocycles. The van der Waals surface area contributed by atoms with Gasteiger partial charge in [0.15, 0.2) is 0 Å². The molecule has 1 aromatic carbocycles. The number of sulfonamides is 1. The molecule has 0 aliphatic carbocycles. The smallest absolute Gasteiger partial charge is 0.243 e. The lowest BCUT2D eigenvalue weighted by molar-refractivity contribution is -0.117. The molecule has 0 unspecified atom stereocenters. The number of anilines is 1. The number of nitrogens with one attached hydrogen (secondary N) is 1. The molecule has 1 N–H and O–H groups in total. The molecule has 164 valence electrons. The minimum absolute atomic E-state index is 0.173. The van der Waals surface area contributed by atoms with Crippen molar-refractivity contribution in [2.75, 3.05) is 38.6 Å². The van der Waals surface area contributed by atoms with Crippen molar-refractivity contribution in [3.05, 3.63) is 40.6 Å². The number of thiophene rings is 1. The van der Waals surface area contributed by atoms with Crippen LogP contribution in [0.5, 0.6) is 5.75 Å². The minimum Gasteiger partial charge on any atom is -0.495 e. The Morgan fingerprint density at radius 3 is 2.63 bits per heavy atom. The molecule has 0 atom stereocenters. The van der Waals surface area contributed by atoms with E-state index in [0.717, 1.165) is 25.8 Å². The Labute approximate surface area is 182 Å². The van der Waals surface area contributed by atoms with E-state index in [9.17, 15) is 13.2 Å². The lowest BCUT2D eigenvalue weighted by atomic mass is 10.2. The van der Waals surface area contributed by atoms with Crippen LogP contribution in [-0.2, 0) is 21.4 Å². The molecule has 1 aromatic heterocycles. The number of benzene rings is 1. The Bertz CT molecular complexity index is 939. The summed E-state index contributed by atoms with van der Waals surface area (Å²) in [6, 6.07) is 8.66. The first kappa shape index (κ1) is 22.7. The van der Waals surface area contributed by atoms with Crippen LogP contribution in [0.15, 0.2) is 40.6 Å². The summed E-state index contributed by atoms with van der Waals surface area (Å²) in [5.74, 6) is 0.224. The van der Waals surface area contributed by atoms with E-state index in [1.807, 2.05) is 29.3 Å². The van der Waals surface area contributed by atoms with Crippen LogP contribution in [0.25, 0.3) is 0 Å². The fourth-order valence-electron chi connectivity index (χ4n) is 3.49. The van der Waals surface area contributed by atoms with Crippen LogP contribution in [0, 0.1) is 0 Å². The Balaban J connectivity index is 1.74. The van der Waals surface area contributed by atoms with Gasteiger partial charge in [-0.3, -0.25) is 9.69 Å². The molecule has 0 saturated carbocycles. The number of methoxy groups -OCH3 is 1. The number of hydrogen-bond donors (Lipinski definition) is 1. The quantitative estimate of drug-likeness (QED) is 0.632. The van der Waals surface area contributed by atoms with Crippen LogP contribution in [0.1, 0.15) is 31.1 Å². The second-order valence-corrected chi connectivity index (χ2v) is 10.2. The van der Waals surface area contributed by atoms with E-state index in [1.165, 1.54) is 28.4 Å². The number of carbonyl (C=O) groups excluding carboxylic acids is 1. The third-order valence-electron chi connectivity index (χ3n) is 5.17. The Morgan fingerprint density at radius 2 is 2.00 bits per heavy atom. The maximum absolute atomic E-state index is 13.0. The number of carbonyl (C=O) groups is 1. The third-order valence-corrected chi connectivity index (χ3v) is 7.93. The van der Waals surface area contributed by atoms with Gasteiger partial charge in [-0.1, -0.05) is 19.4 Å². The van der Waals surface area contributed by atoms with E-state index in [0.29, 0.717) is 31.1 Å². The fourth-order valence-corrected chi connectivity index (χ4v) is 5.78. The summed E-state index contributed by atoms with van der Waals surface area (Å²) in [6.45, 7) is 4.70. The van der Waals surface area contributed by atoms with Gasteiger partial charge in [0.2, 0.25) is 15.9 Å². The lowest BCUT2D eigenvalue weighted by Gasteiger charge is -2.26. The summed E-state index contributed by atoms with van der Waals surface area (Å²) in [5, 5.41) is 4.85.